The predicted molar refractivity (Wildman–Crippen MR) is 80.9 cm³/mol. The highest BCUT2D eigenvalue weighted by Gasteiger charge is 2.25. The molecule has 1 aliphatic carbocycles. The Balaban J connectivity index is 1.76. The number of nitrogens with two attached hydrogens (primary N) is 1. The van der Waals surface area contributed by atoms with Crippen LogP contribution >= 0.6 is 0 Å². The van der Waals surface area contributed by atoms with Crippen molar-refractivity contribution in [3.63, 3.8) is 0 Å². The molecule has 1 aliphatic heterocycles. The summed E-state index contributed by atoms with van der Waals surface area (Å²) in [5, 5.41) is 0. The fourth-order valence-electron chi connectivity index (χ4n) is 3.20. The quantitative estimate of drug-likeness (QED) is 0.594. The van der Waals surface area contributed by atoms with Gasteiger partial charge in [0.15, 0.2) is 5.96 Å². The second-order valence-corrected chi connectivity index (χ2v) is 5.67. The zero-order valence-electron chi connectivity index (χ0n) is 12.7. The number of guanidine groups is 1. The minimum atomic E-state index is 0.365. The van der Waals surface area contributed by atoms with Crippen LogP contribution in [0.1, 0.15) is 39.0 Å². The number of aliphatic imine (C=N–C) groups is 1. The number of morpholine rings is 1. The molecule has 0 amide bonds. The summed E-state index contributed by atoms with van der Waals surface area (Å²) in [5.41, 5.74) is 6.04. The summed E-state index contributed by atoms with van der Waals surface area (Å²) in [7, 11) is 0. The summed E-state index contributed by atoms with van der Waals surface area (Å²) in [6.07, 6.45) is 6.69. The van der Waals surface area contributed by atoms with E-state index in [0.29, 0.717) is 12.1 Å². The maximum atomic E-state index is 6.04. The maximum Gasteiger partial charge on any atom is 0.191 e. The lowest BCUT2D eigenvalue weighted by molar-refractivity contribution is 0.0176. The highest BCUT2D eigenvalue weighted by molar-refractivity contribution is 5.78. The van der Waals surface area contributed by atoms with E-state index in [4.69, 9.17) is 15.2 Å². The first-order valence-corrected chi connectivity index (χ1v) is 8.05. The summed E-state index contributed by atoms with van der Waals surface area (Å²) >= 11 is 0. The van der Waals surface area contributed by atoms with Gasteiger partial charge in [0.25, 0.3) is 0 Å². The molecular weight excluding hydrogens is 254 g/mol. The van der Waals surface area contributed by atoms with Gasteiger partial charge < -0.3 is 20.1 Å². The monoisotopic (exact) mass is 283 g/mol. The van der Waals surface area contributed by atoms with E-state index in [1.54, 1.807) is 0 Å². The molecule has 2 N–H and O–H groups in total. The molecule has 5 nitrogen and oxygen atoms in total. The Kier molecular flexibility index (Phi) is 6.60. The molecule has 20 heavy (non-hydrogen) atoms. The predicted octanol–water partition coefficient (Wildman–Crippen LogP) is 1.62. The molecule has 0 aromatic rings. The fourth-order valence-corrected chi connectivity index (χ4v) is 3.20. The van der Waals surface area contributed by atoms with Crippen molar-refractivity contribution in [3.8, 4) is 0 Å². The first-order chi connectivity index (χ1) is 9.81. The third-order valence-corrected chi connectivity index (χ3v) is 4.33. The van der Waals surface area contributed by atoms with E-state index < -0.39 is 0 Å². The van der Waals surface area contributed by atoms with Gasteiger partial charge in [-0.2, -0.15) is 0 Å². The smallest absolute Gasteiger partial charge is 0.191 e. The zero-order valence-corrected chi connectivity index (χ0v) is 12.7. The zero-order chi connectivity index (χ0) is 14.2. The molecule has 0 bridgehead atoms. The molecule has 0 spiro atoms. The van der Waals surface area contributed by atoms with Crippen molar-refractivity contribution in [2.45, 2.75) is 45.1 Å². The SMILES string of the molecule is CCOC(CCN=C(N)N1CCOCC1)C1CCCC1. The molecule has 116 valence electrons. The van der Waals surface area contributed by atoms with Crippen molar-refractivity contribution < 1.29 is 9.47 Å². The van der Waals surface area contributed by atoms with Crippen molar-refractivity contribution in [1.29, 1.82) is 0 Å². The van der Waals surface area contributed by atoms with Crippen LogP contribution in [0.25, 0.3) is 0 Å². The van der Waals surface area contributed by atoms with Crippen LogP contribution < -0.4 is 5.73 Å². The van der Waals surface area contributed by atoms with Gasteiger partial charge in [-0.05, 0) is 32.1 Å². The second-order valence-electron chi connectivity index (χ2n) is 5.67. The van der Waals surface area contributed by atoms with E-state index in [-0.39, 0.29) is 0 Å². The first-order valence-electron chi connectivity index (χ1n) is 8.05. The summed E-state index contributed by atoms with van der Waals surface area (Å²) in [4.78, 5) is 6.63. The summed E-state index contributed by atoms with van der Waals surface area (Å²) < 4.78 is 11.2. The topological polar surface area (TPSA) is 60.1 Å². The number of hydrogen-bond donors (Lipinski definition) is 1. The molecule has 1 atom stereocenters. The van der Waals surface area contributed by atoms with Crippen LogP contribution in [0.3, 0.4) is 0 Å². The summed E-state index contributed by atoms with van der Waals surface area (Å²) in [5.74, 6) is 1.39. The minimum absolute atomic E-state index is 0.365. The highest BCUT2D eigenvalue weighted by atomic mass is 16.5. The van der Waals surface area contributed by atoms with Gasteiger partial charge in [-0.25, -0.2) is 0 Å². The Bertz CT molecular complexity index is 297. The lowest BCUT2D eigenvalue weighted by atomic mass is 9.98. The van der Waals surface area contributed by atoms with Gasteiger partial charge in [0.05, 0.1) is 19.3 Å². The Hall–Kier alpha value is -0.810. The Labute approximate surface area is 122 Å². The van der Waals surface area contributed by atoms with E-state index >= 15 is 0 Å². The van der Waals surface area contributed by atoms with Crippen molar-refractivity contribution in [2.24, 2.45) is 16.6 Å². The van der Waals surface area contributed by atoms with Gasteiger partial charge in [-0.15, -0.1) is 0 Å². The van der Waals surface area contributed by atoms with Crippen LogP contribution in [0, 0.1) is 5.92 Å². The van der Waals surface area contributed by atoms with E-state index in [2.05, 4.69) is 16.8 Å². The van der Waals surface area contributed by atoms with Crippen molar-refractivity contribution in [2.75, 3.05) is 39.5 Å². The van der Waals surface area contributed by atoms with E-state index in [1.807, 2.05) is 0 Å². The van der Waals surface area contributed by atoms with Crippen LogP contribution in [-0.4, -0.2) is 56.4 Å². The van der Waals surface area contributed by atoms with E-state index in [1.165, 1.54) is 25.7 Å². The van der Waals surface area contributed by atoms with Gasteiger partial charge in [0.2, 0.25) is 0 Å². The maximum absolute atomic E-state index is 6.04. The van der Waals surface area contributed by atoms with Crippen LogP contribution in [0.5, 0.6) is 0 Å². The molecule has 1 saturated heterocycles. The van der Waals surface area contributed by atoms with Crippen molar-refractivity contribution >= 4 is 5.96 Å². The van der Waals surface area contributed by atoms with Gasteiger partial charge in [-0.1, -0.05) is 12.8 Å². The van der Waals surface area contributed by atoms with Crippen molar-refractivity contribution in [1.82, 2.24) is 4.90 Å². The lowest BCUT2D eigenvalue weighted by Crippen LogP contribution is -2.45. The number of ether oxygens (including phenoxy) is 2. The average Bonchev–Trinajstić information content (AvgIpc) is 3.01. The lowest BCUT2D eigenvalue weighted by Gasteiger charge is -2.28. The molecule has 1 saturated carbocycles. The van der Waals surface area contributed by atoms with Crippen LogP contribution in [0.15, 0.2) is 4.99 Å². The standard InChI is InChI=1S/C15H29N3O2/c1-2-20-14(13-5-3-4-6-13)7-8-17-15(16)18-9-11-19-12-10-18/h13-14H,2-12H2,1H3,(H2,16,17). The second kappa shape index (κ2) is 8.47. The fraction of sp³-hybridized carbons (Fsp3) is 0.933. The molecule has 0 radical (unpaired) electrons. The Morgan fingerprint density at radius 1 is 1.35 bits per heavy atom. The average molecular weight is 283 g/mol. The summed E-state index contributed by atoms with van der Waals surface area (Å²) in [6, 6.07) is 0. The highest BCUT2D eigenvalue weighted by Crippen LogP contribution is 2.30. The molecule has 2 fully saturated rings. The number of hydrogen-bond acceptors (Lipinski definition) is 3. The third-order valence-electron chi connectivity index (χ3n) is 4.33. The van der Waals surface area contributed by atoms with Crippen LogP contribution in [-0.2, 0) is 9.47 Å². The number of rotatable bonds is 6. The van der Waals surface area contributed by atoms with E-state index in [0.717, 1.165) is 51.8 Å². The van der Waals surface area contributed by atoms with E-state index in [9.17, 15) is 0 Å². The Morgan fingerprint density at radius 3 is 2.70 bits per heavy atom. The molecule has 2 rings (SSSR count). The van der Waals surface area contributed by atoms with Crippen LogP contribution in [0.2, 0.25) is 0 Å². The third kappa shape index (κ3) is 4.63. The van der Waals surface area contributed by atoms with Gasteiger partial charge >= 0.3 is 0 Å². The summed E-state index contributed by atoms with van der Waals surface area (Å²) in [6.45, 7) is 6.85. The number of nitrogens with zero attached hydrogens (tertiary/aromatic N) is 2. The molecule has 2 aliphatic rings. The van der Waals surface area contributed by atoms with Gasteiger partial charge in [0.1, 0.15) is 0 Å². The van der Waals surface area contributed by atoms with Gasteiger partial charge in [-0.3, -0.25) is 4.99 Å². The Morgan fingerprint density at radius 2 is 2.05 bits per heavy atom. The van der Waals surface area contributed by atoms with Crippen molar-refractivity contribution in [3.05, 3.63) is 0 Å². The molecular formula is C15H29N3O2. The molecule has 0 aromatic carbocycles. The minimum Gasteiger partial charge on any atom is -0.378 e. The molecule has 5 heteroatoms. The van der Waals surface area contributed by atoms with Gasteiger partial charge in [0, 0.05) is 26.2 Å². The van der Waals surface area contributed by atoms with Crippen LogP contribution in [0.4, 0.5) is 0 Å². The normalized spacial score (nSPS) is 23.2. The molecule has 1 unspecified atom stereocenters. The first kappa shape index (κ1) is 15.6. The largest absolute Gasteiger partial charge is 0.378 e. The molecule has 0 aromatic heterocycles. The molecule has 1 heterocycles.